The van der Waals surface area contributed by atoms with Crippen molar-refractivity contribution in [3.63, 3.8) is 0 Å². The second-order valence-corrected chi connectivity index (χ2v) is 4.04. The number of carbonyl (C=O) groups excluding carboxylic acids is 1. The van der Waals surface area contributed by atoms with Gasteiger partial charge in [0, 0.05) is 23.7 Å². The second kappa shape index (κ2) is 4.72. The van der Waals surface area contributed by atoms with Gasteiger partial charge in [0.15, 0.2) is 0 Å². The first kappa shape index (κ1) is 11.2. The lowest BCUT2D eigenvalue weighted by atomic mass is 10.2. The molecule has 1 saturated heterocycles. The topological polar surface area (TPSA) is 49.8 Å². The second-order valence-electron chi connectivity index (χ2n) is 3.61. The number of amides is 1. The highest BCUT2D eigenvalue weighted by atomic mass is 35.5. The lowest BCUT2D eigenvalue weighted by Crippen LogP contribution is -2.24. The number of benzene rings is 1. The highest BCUT2D eigenvalue weighted by Crippen LogP contribution is 2.24. The lowest BCUT2D eigenvalue weighted by molar-refractivity contribution is 0.122. The van der Waals surface area contributed by atoms with Crippen LogP contribution in [-0.2, 0) is 4.74 Å². The molecule has 1 aliphatic rings. The van der Waals surface area contributed by atoms with Crippen LogP contribution in [0.4, 0.5) is 10.5 Å². The maximum Gasteiger partial charge on any atom is 0.414 e. The molecule has 1 aromatic rings. The largest absolute Gasteiger partial charge is 0.444 e. The molecular formula is C11H12ClNO3. The summed E-state index contributed by atoms with van der Waals surface area (Å²) in [6.07, 6.45) is -0.135. The molecule has 1 unspecified atom stereocenters. The Morgan fingerprint density at radius 1 is 1.44 bits per heavy atom. The van der Waals surface area contributed by atoms with Gasteiger partial charge in [-0.05, 0) is 24.3 Å². The molecule has 5 heteroatoms. The number of hydrogen-bond acceptors (Lipinski definition) is 3. The Morgan fingerprint density at radius 2 is 2.12 bits per heavy atom. The molecule has 16 heavy (non-hydrogen) atoms. The van der Waals surface area contributed by atoms with Crippen LogP contribution >= 0.6 is 11.6 Å². The fourth-order valence-corrected chi connectivity index (χ4v) is 1.77. The van der Waals surface area contributed by atoms with E-state index in [1.54, 1.807) is 24.3 Å². The normalized spacial score (nSPS) is 20.0. The Labute approximate surface area is 98.4 Å². The maximum absolute atomic E-state index is 11.5. The smallest absolute Gasteiger partial charge is 0.414 e. The maximum atomic E-state index is 11.5. The summed E-state index contributed by atoms with van der Waals surface area (Å²) in [4.78, 5) is 13.1. The van der Waals surface area contributed by atoms with Crippen LogP contribution in [-0.4, -0.2) is 30.5 Å². The van der Waals surface area contributed by atoms with Crippen molar-refractivity contribution in [2.75, 3.05) is 18.1 Å². The molecule has 2 rings (SSSR count). The molecule has 1 fully saturated rings. The number of aliphatic hydroxyl groups is 1. The number of carbonyl (C=O) groups is 1. The molecule has 0 saturated carbocycles. The van der Waals surface area contributed by atoms with Crippen molar-refractivity contribution in [2.45, 2.75) is 12.5 Å². The van der Waals surface area contributed by atoms with Crippen molar-refractivity contribution in [3.8, 4) is 0 Å². The van der Waals surface area contributed by atoms with E-state index >= 15 is 0 Å². The van der Waals surface area contributed by atoms with Gasteiger partial charge in [0.05, 0.1) is 6.54 Å². The average molecular weight is 242 g/mol. The number of ether oxygens (including phenoxy) is 1. The van der Waals surface area contributed by atoms with Crippen LogP contribution in [0, 0.1) is 0 Å². The van der Waals surface area contributed by atoms with Crippen LogP contribution in [0.25, 0.3) is 0 Å². The summed E-state index contributed by atoms with van der Waals surface area (Å²) in [5.74, 6) is 0. The zero-order chi connectivity index (χ0) is 11.5. The Bertz CT molecular complexity index is 379. The predicted octanol–water partition coefficient (Wildman–Crippen LogP) is 2.05. The molecule has 1 aromatic carbocycles. The standard InChI is InChI=1S/C11H12ClNO3/c12-8-1-3-9(4-2-8)13-7-10(5-6-14)16-11(13)15/h1-4,10,14H,5-7H2. The number of cyclic esters (lactones) is 1. The summed E-state index contributed by atoms with van der Waals surface area (Å²) >= 11 is 5.77. The third-order valence-electron chi connectivity index (χ3n) is 2.46. The van der Waals surface area contributed by atoms with E-state index in [-0.39, 0.29) is 18.8 Å². The Hall–Kier alpha value is -1.26. The van der Waals surface area contributed by atoms with Crippen molar-refractivity contribution in [1.29, 1.82) is 0 Å². The van der Waals surface area contributed by atoms with E-state index < -0.39 is 0 Å². The van der Waals surface area contributed by atoms with Crippen molar-refractivity contribution in [1.82, 2.24) is 0 Å². The number of halogens is 1. The zero-order valence-electron chi connectivity index (χ0n) is 8.60. The zero-order valence-corrected chi connectivity index (χ0v) is 9.35. The molecule has 0 aliphatic carbocycles. The Balaban J connectivity index is 2.10. The van der Waals surface area contributed by atoms with E-state index in [0.29, 0.717) is 18.0 Å². The third-order valence-corrected chi connectivity index (χ3v) is 2.72. The van der Waals surface area contributed by atoms with Crippen molar-refractivity contribution in [2.24, 2.45) is 0 Å². The van der Waals surface area contributed by atoms with Gasteiger partial charge >= 0.3 is 6.09 Å². The van der Waals surface area contributed by atoms with Crippen molar-refractivity contribution < 1.29 is 14.6 Å². The lowest BCUT2D eigenvalue weighted by Gasteiger charge is -2.12. The van der Waals surface area contributed by atoms with Gasteiger partial charge in [-0.3, -0.25) is 4.90 Å². The number of anilines is 1. The van der Waals surface area contributed by atoms with E-state index in [2.05, 4.69) is 0 Å². The van der Waals surface area contributed by atoms with Crippen molar-refractivity contribution in [3.05, 3.63) is 29.3 Å². The fraction of sp³-hybridized carbons (Fsp3) is 0.364. The Kier molecular flexibility index (Phi) is 3.31. The number of rotatable bonds is 3. The summed E-state index contributed by atoms with van der Waals surface area (Å²) in [7, 11) is 0. The van der Waals surface area contributed by atoms with Crippen LogP contribution in [0.15, 0.2) is 24.3 Å². The van der Waals surface area contributed by atoms with Gasteiger partial charge in [-0.2, -0.15) is 0 Å². The molecule has 0 bridgehead atoms. The molecular weight excluding hydrogens is 230 g/mol. The first-order chi connectivity index (χ1) is 7.70. The summed E-state index contributed by atoms with van der Waals surface area (Å²) < 4.78 is 5.09. The van der Waals surface area contributed by atoms with Crippen LogP contribution in [0.3, 0.4) is 0 Å². The van der Waals surface area contributed by atoms with Gasteiger partial charge in [-0.25, -0.2) is 4.79 Å². The minimum absolute atomic E-state index is 0.0202. The van der Waals surface area contributed by atoms with Gasteiger partial charge in [0.1, 0.15) is 6.10 Å². The van der Waals surface area contributed by atoms with Gasteiger partial charge in [0.2, 0.25) is 0 Å². The van der Waals surface area contributed by atoms with Crippen LogP contribution < -0.4 is 4.90 Å². The highest BCUT2D eigenvalue weighted by Gasteiger charge is 2.31. The average Bonchev–Trinajstić information content (AvgIpc) is 2.61. The molecule has 0 radical (unpaired) electrons. The van der Waals surface area contributed by atoms with E-state index in [1.165, 1.54) is 4.90 Å². The quantitative estimate of drug-likeness (QED) is 0.881. The number of hydrogen-bond donors (Lipinski definition) is 1. The van der Waals surface area contributed by atoms with Crippen LogP contribution in [0.2, 0.25) is 5.02 Å². The number of nitrogens with zero attached hydrogens (tertiary/aromatic N) is 1. The minimum Gasteiger partial charge on any atom is -0.444 e. The first-order valence-corrected chi connectivity index (χ1v) is 5.43. The molecule has 4 nitrogen and oxygen atoms in total. The highest BCUT2D eigenvalue weighted by molar-refractivity contribution is 6.30. The van der Waals surface area contributed by atoms with Crippen molar-refractivity contribution >= 4 is 23.4 Å². The molecule has 1 aliphatic heterocycles. The molecule has 1 heterocycles. The van der Waals surface area contributed by atoms with E-state index in [0.717, 1.165) is 5.69 Å². The molecule has 0 spiro atoms. The Morgan fingerprint density at radius 3 is 2.75 bits per heavy atom. The fourth-order valence-electron chi connectivity index (χ4n) is 1.65. The molecule has 1 atom stereocenters. The van der Waals surface area contributed by atoms with Gasteiger partial charge < -0.3 is 9.84 Å². The van der Waals surface area contributed by atoms with E-state index in [9.17, 15) is 4.79 Å². The van der Waals surface area contributed by atoms with Gasteiger partial charge in [-0.1, -0.05) is 11.6 Å². The minimum atomic E-state index is -0.374. The van der Waals surface area contributed by atoms with Crippen LogP contribution in [0.5, 0.6) is 0 Å². The summed E-state index contributed by atoms with van der Waals surface area (Å²) in [5.41, 5.74) is 0.759. The third kappa shape index (κ3) is 2.28. The summed E-state index contributed by atoms with van der Waals surface area (Å²) in [6, 6.07) is 6.99. The summed E-state index contributed by atoms with van der Waals surface area (Å²) in [6.45, 7) is 0.493. The molecule has 1 amide bonds. The molecule has 0 aromatic heterocycles. The number of aliphatic hydroxyl groups excluding tert-OH is 1. The van der Waals surface area contributed by atoms with Crippen LogP contribution in [0.1, 0.15) is 6.42 Å². The first-order valence-electron chi connectivity index (χ1n) is 5.05. The molecule has 1 N–H and O–H groups in total. The van der Waals surface area contributed by atoms with Gasteiger partial charge in [0.25, 0.3) is 0 Å². The van der Waals surface area contributed by atoms with Gasteiger partial charge in [-0.15, -0.1) is 0 Å². The van der Waals surface area contributed by atoms with E-state index in [4.69, 9.17) is 21.4 Å². The van der Waals surface area contributed by atoms with E-state index in [1.807, 2.05) is 0 Å². The predicted molar refractivity (Wildman–Crippen MR) is 60.8 cm³/mol. The SMILES string of the molecule is O=C1OC(CCO)CN1c1ccc(Cl)cc1. The summed E-state index contributed by atoms with van der Waals surface area (Å²) in [5, 5.41) is 9.41. The monoisotopic (exact) mass is 241 g/mol. The molecule has 86 valence electrons.